The molecule has 0 saturated carbocycles. The van der Waals surface area contributed by atoms with E-state index >= 15 is 0 Å². The Balaban J connectivity index is 3.27. The van der Waals surface area contributed by atoms with E-state index in [1.54, 1.807) is 26.8 Å². The molecule has 0 spiro atoms. The van der Waals surface area contributed by atoms with E-state index in [0.717, 1.165) is 0 Å². The van der Waals surface area contributed by atoms with E-state index in [1.807, 2.05) is 0 Å². The molecular weight excluding hydrogens is 249 g/mol. The fourth-order valence-electron chi connectivity index (χ4n) is 1.24. The van der Waals surface area contributed by atoms with Crippen LogP contribution in [0.4, 0.5) is 5.69 Å². The molecule has 0 unspecified atom stereocenters. The summed E-state index contributed by atoms with van der Waals surface area (Å²) in [6.45, 7) is 5.25. The van der Waals surface area contributed by atoms with Crippen LogP contribution in [0, 0.1) is 6.92 Å². The molecule has 0 aliphatic heterocycles. The van der Waals surface area contributed by atoms with E-state index in [0.29, 0.717) is 10.6 Å². The van der Waals surface area contributed by atoms with Crippen molar-refractivity contribution in [3.63, 3.8) is 0 Å². The van der Waals surface area contributed by atoms with Gasteiger partial charge in [0.1, 0.15) is 5.56 Å². The van der Waals surface area contributed by atoms with Crippen molar-refractivity contribution in [2.45, 2.75) is 26.9 Å². The van der Waals surface area contributed by atoms with Gasteiger partial charge >= 0.3 is 5.97 Å². The van der Waals surface area contributed by atoms with Crippen LogP contribution in [-0.4, -0.2) is 12.1 Å². The molecule has 1 aromatic rings. The predicted octanol–water partition coefficient (Wildman–Crippen LogP) is 3.45. The summed E-state index contributed by atoms with van der Waals surface area (Å²) in [6.07, 6.45) is -0.234. The zero-order valence-electron chi connectivity index (χ0n) is 9.30. The average Bonchev–Trinajstić information content (AvgIpc) is 2.14. The second kappa shape index (κ2) is 4.93. The van der Waals surface area contributed by atoms with Gasteiger partial charge in [0.25, 0.3) is 0 Å². The largest absolute Gasteiger partial charge is 0.459 e. The van der Waals surface area contributed by atoms with Crippen molar-refractivity contribution in [2.75, 3.05) is 5.73 Å². The molecule has 0 aliphatic carbocycles. The number of benzene rings is 1. The summed E-state index contributed by atoms with van der Waals surface area (Å²) < 4.78 is 5.05. The number of rotatable bonds is 2. The molecule has 5 heteroatoms. The van der Waals surface area contributed by atoms with Crippen LogP contribution in [0.15, 0.2) is 6.07 Å². The number of nitrogens with two attached hydrogens (primary N) is 1. The van der Waals surface area contributed by atoms with Crippen LogP contribution < -0.4 is 5.73 Å². The maximum Gasteiger partial charge on any atom is 0.342 e. The van der Waals surface area contributed by atoms with Crippen LogP contribution in [0.1, 0.15) is 29.8 Å². The zero-order valence-corrected chi connectivity index (χ0v) is 10.8. The molecular formula is C11H13Cl2NO2. The monoisotopic (exact) mass is 261 g/mol. The number of anilines is 1. The minimum absolute atomic E-state index is 0.139. The molecule has 0 aliphatic rings. The number of carbonyl (C=O) groups excluding carboxylic acids is 1. The highest BCUT2D eigenvalue weighted by atomic mass is 35.5. The second-order valence-corrected chi connectivity index (χ2v) is 4.52. The smallest absolute Gasteiger partial charge is 0.342 e. The molecule has 0 atom stereocenters. The third-order valence-corrected chi connectivity index (χ3v) is 2.78. The summed E-state index contributed by atoms with van der Waals surface area (Å²) in [7, 11) is 0. The third-order valence-electron chi connectivity index (χ3n) is 1.98. The molecule has 0 saturated heterocycles. The lowest BCUT2D eigenvalue weighted by atomic mass is 10.1. The molecule has 3 nitrogen and oxygen atoms in total. The maximum absolute atomic E-state index is 11.8. The van der Waals surface area contributed by atoms with Crippen LogP contribution in [-0.2, 0) is 4.74 Å². The Hall–Kier alpha value is -0.930. The van der Waals surface area contributed by atoms with E-state index in [-0.39, 0.29) is 22.4 Å². The first-order valence-corrected chi connectivity index (χ1v) is 5.55. The number of esters is 1. The summed E-state index contributed by atoms with van der Waals surface area (Å²) in [5.41, 5.74) is 6.70. The van der Waals surface area contributed by atoms with E-state index in [2.05, 4.69) is 0 Å². The van der Waals surface area contributed by atoms with Gasteiger partial charge in [0, 0.05) is 0 Å². The molecule has 1 rings (SSSR count). The van der Waals surface area contributed by atoms with Gasteiger partial charge in [-0.2, -0.15) is 0 Å². The van der Waals surface area contributed by atoms with Crippen molar-refractivity contribution in [2.24, 2.45) is 0 Å². The van der Waals surface area contributed by atoms with Crippen molar-refractivity contribution in [1.29, 1.82) is 0 Å². The molecule has 1 aromatic carbocycles. The van der Waals surface area contributed by atoms with E-state index in [1.165, 1.54) is 0 Å². The van der Waals surface area contributed by atoms with Crippen molar-refractivity contribution in [1.82, 2.24) is 0 Å². The van der Waals surface area contributed by atoms with E-state index in [9.17, 15) is 4.79 Å². The van der Waals surface area contributed by atoms with Gasteiger partial charge < -0.3 is 10.5 Å². The Morgan fingerprint density at radius 2 is 2.00 bits per heavy atom. The van der Waals surface area contributed by atoms with Gasteiger partial charge in [-0.25, -0.2) is 4.79 Å². The third kappa shape index (κ3) is 2.60. The summed E-state index contributed by atoms with van der Waals surface area (Å²) >= 11 is 11.9. The molecule has 2 N–H and O–H groups in total. The number of halogens is 2. The highest BCUT2D eigenvalue weighted by Gasteiger charge is 2.20. The maximum atomic E-state index is 11.8. The second-order valence-electron chi connectivity index (χ2n) is 3.73. The lowest BCUT2D eigenvalue weighted by Gasteiger charge is -2.13. The summed E-state index contributed by atoms with van der Waals surface area (Å²) in [5, 5.41) is 0.588. The topological polar surface area (TPSA) is 52.3 Å². The van der Waals surface area contributed by atoms with Crippen molar-refractivity contribution in [3.05, 3.63) is 27.2 Å². The van der Waals surface area contributed by atoms with Gasteiger partial charge in [0.05, 0.1) is 21.8 Å². The van der Waals surface area contributed by atoms with Crippen molar-refractivity contribution >= 4 is 34.9 Å². The average molecular weight is 262 g/mol. The van der Waals surface area contributed by atoms with Crippen molar-refractivity contribution in [3.8, 4) is 0 Å². The molecule has 0 aromatic heterocycles. The van der Waals surface area contributed by atoms with E-state index in [4.69, 9.17) is 33.7 Å². The normalized spacial score (nSPS) is 10.6. The summed E-state index contributed by atoms with van der Waals surface area (Å²) in [6, 6.07) is 1.62. The number of ether oxygens (including phenoxy) is 1. The molecule has 0 amide bonds. The fourth-order valence-corrected chi connectivity index (χ4v) is 1.73. The first-order chi connectivity index (χ1) is 7.34. The Morgan fingerprint density at radius 1 is 1.44 bits per heavy atom. The zero-order chi connectivity index (χ0) is 12.5. The van der Waals surface area contributed by atoms with Crippen LogP contribution in [0.2, 0.25) is 10.0 Å². The molecule has 0 heterocycles. The van der Waals surface area contributed by atoms with Gasteiger partial charge in [-0.1, -0.05) is 23.2 Å². The first-order valence-electron chi connectivity index (χ1n) is 4.79. The van der Waals surface area contributed by atoms with Gasteiger partial charge in [-0.15, -0.1) is 0 Å². The number of hydrogen-bond acceptors (Lipinski definition) is 3. The minimum atomic E-state index is -0.553. The lowest BCUT2D eigenvalue weighted by Crippen LogP contribution is -2.14. The number of carbonyl (C=O) groups is 1. The quantitative estimate of drug-likeness (QED) is 0.656. The predicted molar refractivity (Wildman–Crippen MR) is 66.2 cm³/mol. The van der Waals surface area contributed by atoms with Gasteiger partial charge in [0.2, 0.25) is 0 Å². The molecule has 0 fully saturated rings. The highest BCUT2D eigenvalue weighted by Crippen LogP contribution is 2.33. The highest BCUT2D eigenvalue weighted by molar-refractivity contribution is 6.38. The van der Waals surface area contributed by atoms with Gasteiger partial charge in [-0.3, -0.25) is 0 Å². The lowest BCUT2D eigenvalue weighted by molar-refractivity contribution is 0.0379. The van der Waals surface area contributed by atoms with Gasteiger partial charge in [0.15, 0.2) is 0 Å². The molecule has 88 valence electrons. The Labute approximate surface area is 104 Å². The van der Waals surface area contributed by atoms with Crippen LogP contribution in [0.25, 0.3) is 0 Å². The standard InChI is InChI=1S/C11H13Cl2NO2/c1-5(2)16-11(15)8-9(13)6(3)4-7(12)10(8)14/h4-5H,14H2,1-3H3. The SMILES string of the molecule is Cc1cc(Cl)c(N)c(C(=O)OC(C)C)c1Cl. The Morgan fingerprint density at radius 3 is 2.50 bits per heavy atom. The van der Waals surface area contributed by atoms with Gasteiger partial charge in [-0.05, 0) is 32.4 Å². The number of nitrogen functional groups attached to an aromatic ring is 1. The van der Waals surface area contributed by atoms with E-state index < -0.39 is 5.97 Å². The fraction of sp³-hybridized carbons (Fsp3) is 0.364. The van der Waals surface area contributed by atoms with Crippen LogP contribution >= 0.6 is 23.2 Å². The minimum Gasteiger partial charge on any atom is -0.459 e. The van der Waals surface area contributed by atoms with Crippen LogP contribution in [0.5, 0.6) is 0 Å². The molecule has 0 radical (unpaired) electrons. The summed E-state index contributed by atoms with van der Waals surface area (Å²) in [5.74, 6) is -0.553. The molecule has 0 bridgehead atoms. The number of aryl methyl sites for hydroxylation is 1. The summed E-state index contributed by atoms with van der Waals surface area (Å²) in [4.78, 5) is 11.8. The van der Waals surface area contributed by atoms with Crippen LogP contribution in [0.3, 0.4) is 0 Å². The number of hydrogen-bond donors (Lipinski definition) is 1. The molecule has 16 heavy (non-hydrogen) atoms. The van der Waals surface area contributed by atoms with Crippen molar-refractivity contribution < 1.29 is 9.53 Å². The Kier molecular flexibility index (Phi) is 4.05. The Bertz CT molecular complexity index is 404. The first kappa shape index (κ1) is 13.1.